The highest BCUT2D eigenvalue weighted by Gasteiger charge is 2.26. The largest absolute Gasteiger partial charge is 0.481 e. The minimum absolute atomic E-state index is 0.0204. The van der Waals surface area contributed by atoms with E-state index in [4.69, 9.17) is 10.2 Å². The Hall–Kier alpha value is -2.24. The zero-order valence-corrected chi connectivity index (χ0v) is 10.3. The average Bonchev–Trinajstić information content (AvgIpc) is 2.38. The number of carbonyl (C=O) groups excluding carboxylic acids is 1. The molecule has 0 aliphatic carbocycles. The fourth-order valence-electron chi connectivity index (χ4n) is 1.70. The van der Waals surface area contributed by atoms with Gasteiger partial charge < -0.3 is 10.2 Å². The number of carbonyl (C=O) groups is 3. The van der Waals surface area contributed by atoms with Crippen LogP contribution in [0.1, 0.15) is 36.0 Å². The Labute approximate surface area is 110 Å². The number of ketones is 1. The first-order valence-electron chi connectivity index (χ1n) is 5.91. The van der Waals surface area contributed by atoms with Crippen molar-refractivity contribution < 1.29 is 24.6 Å². The third kappa shape index (κ3) is 4.87. The summed E-state index contributed by atoms with van der Waals surface area (Å²) in [5.74, 6) is -3.75. The third-order valence-corrected chi connectivity index (χ3v) is 2.69. The first-order chi connectivity index (χ1) is 9.02. The van der Waals surface area contributed by atoms with E-state index in [-0.39, 0.29) is 18.4 Å². The van der Waals surface area contributed by atoms with Crippen molar-refractivity contribution >= 4 is 17.7 Å². The van der Waals surface area contributed by atoms with Gasteiger partial charge in [0.2, 0.25) is 0 Å². The minimum atomic E-state index is -1.19. The lowest BCUT2D eigenvalue weighted by atomic mass is 9.93. The highest BCUT2D eigenvalue weighted by molar-refractivity contribution is 6.07. The van der Waals surface area contributed by atoms with Gasteiger partial charge in [-0.05, 0) is 25.0 Å². The Morgan fingerprint density at radius 1 is 1.21 bits per heavy atom. The molecule has 1 rings (SSSR count). The van der Waals surface area contributed by atoms with Crippen molar-refractivity contribution in [3.8, 4) is 0 Å². The molecule has 0 spiro atoms. The number of rotatable bonds is 8. The Balaban J connectivity index is 2.60. The van der Waals surface area contributed by atoms with Gasteiger partial charge in [-0.3, -0.25) is 19.4 Å². The van der Waals surface area contributed by atoms with Crippen LogP contribution in [0.3, 0.4) is 0 Å². The summed E-state index contributed by atoms with van der Waals surface area (Å²) >= 11 is 0. The Morgan fingerprint density at radius 2 is 1.95 bits per heavy atom. The number of unbranched alkanes of at least 4 members (excludes halogenated alkanes) is 1. The molecule has 0 bridgehead atoms. The van der Waals surface area contributed by atoms with Crippen molar-refractivity contribution in [3.05, 3.63) is 30.1 Å². The molecular weight excluding hydrogens is 250 g/mol. The number of pyridine rings is 1. The normalized spacial score (nSPS) is 11.8. The molecule has 0 aromatic carbocycles. The van der Waals surface area contributed by atoms with Crippen LogP contribution >= 0.6 is 0 Å². The van der Waals surface area contributed by atoms with E-state index in [0.717, 1.165) is 0 Å². The fourth-order valence-corrected chi connectivity index (χ4v) is 1.70. The van der Waals surface area contributed by atoms with Crippen molar-refractivity contribution in [3.63, 3.8) is 0 Å². The highest BCUT2D eigenvalue weighted by Crippen LogP contribution is 2.16. The number of aliphatic carboxylic acids is 2. The predicted molar refractivity (Wildman–Crippen MR) is 65.8 cm³/mol. The maximum absolute atomic E-state index is 12.0. The predicted octanol–water partition coefficient (Wildman–Crippen LogP) is 1.61. The molecule has 0 saturated carbocycles. The smallest absolute Gasteiger partial charge is 0.314 e. The van der Waals surface area contributed by atoms with E-state index >= 15 is 0 Å². The van der Waals surface area contributed by atoms with Crippen LogP contribution in [0.25, 0.3) is 0 Å². The SMILES string of the molecule is O=C(O)CCCCC(C(=O)O)C(=O)c1cccnc1. The number of Topliss-reactive ketones (excluding diaryl/α,β-unsaturated/α-hetero) is 1. The summed E-state index contributed by atoms with van der Waals surface area (Å²) in [7, 11) is 0. The summed E-state index contributed by atoms with van der Waals surface area (Å²) in [6, 6.07) is 3.08. The molecule has 0 aliphatic rings. The van der Waals surface area contributed by atoms with Crippen LogP contribution in [0, 0.1) is 5.92 Å². The van der Waals surface area contributed by atoms with Crippen LogP contribution in [-0.2, 0) is 9.59 Å². The lowest BCUT2D eigenvalue weighted by Gasteiger charge is -2.10. The molecular formula is C13H15NO5. The molecule has 1 atom stereocenters. The van der Waals surface area contributed by atoms with E-state index in [9.17, 15) is 14.4 Å². The highest BCUT2D eigenvalue weighted by atomic mass is 16.4. The van der Waals surface area contributed by atoms with E-state index in [1.165, 1.54) is 18.5 Å². The molecule has 102 valence electrons. The van der Waals surface area contributed by atoms with Gasteiger partial charge in [-0.1, -0.05) is 6.42 Å². The monoisotopic (exact) mass is 265 g/mol. The topological polar surface area (TPSA) is 105 Å². The lowest BCUT2D eigenvalue weighted by molar-refractivity contribution is -0.140. The number of carboxylic acids is 2. The van der Waals surface area contributed by atoms with E-state index in [1.807, 2.05) is 0 Å². The van der Waals surface area contributed by atoms with Gasteiger partial charge in [0.05, 0.1) is 0 Å². The molecule has 0 radical (unpaired) electrons. The zero-order valence-electron chi connectivity index (χ0n) is 10.3. The molecule has 0 saturated heterocycles. The quantitative estimate of drug-likeness (QED) is 0.420. The Kier molecular flexibility index (Phi) is 5.66. The molecule has 1 aromatic rings. The van der Waals surface area contributed by atoms with Crippen molar-refractivity contribution in [2.24, 2.45) is 5.92 Å². The second-order valence-electron chi connectivity index (χ2n) is 4.14. The fraction of sp³-hybridized carbons (Fsp3) is 0.385. The van der Waals surface area contributed by atoms with Crippen LogP contribution in [0.4, 0.5) is 0 Å². The maximum atomic E-state index is 12.0. The second-order valence-corrected chi connectivity index (χ2v) is 4.14. The van der Waals surface area contributed by atoms with E-state index in [2.05, 4.69) is 4.98 Å². The maximum Gasteiger partial charge on any atom is 0.314 e. The van der Waals surface area contributed by atoms with Gasteiger partial charge in [-0.2, -0.15) is 0 Å². The van der Waals surface area contributed by atoms with Crippen molar-refractivity contribution in [1.29, 1.82) is 0 Å². The zero-order chi connectivity index (χ0) is 14.3. The van der Waals surface area contributed by atoms with Gasteiger partial charge in [-0.25, -0.2) is 0 Å². The molecule has 0 amide bonds. The van der Waals surface area contributed by atoms with Gasteiger partial charge in [0.1, 0.15) is 5.92 Å². The van der Waals surface area contributed by atoms with Crippen molar-refractivity contribution in [2.75, 3.05) is 0 Å². The Bertz CT molecular complexity index is 457. The molecule has 6 heteroatoms. The number of nitrogens with zero attached hydrogens (tertiary/aromatic N) is 1. The molecule has 1 heterocycles. The van der Waals surface area contributed by atoms with Gasteiger partial charge in [0, 0.05) is 24.4 Å². The van der Waals surface area contributed by atoms with Crippen LogP contribution in [0.2, 0.25) is 0 Å². The Morgan fingerprint density at radius 3 is 2.47 bits per heavy atom. The van der Waals surface area contributed by atoms with Gasteiger partial charge >= 0.3 is 11.9 Å². The van der Waals surface area contributed by atoms with Crippen LogP contribution in [0.15, 0.2) is 24.5 Å². The van der Waals surface area contributed by atoms with Gasteiger partial charge in [-0.15, -0.1) is 0 Å². The summed E-state index contributed by atoms with van der Waals surface area (Å²) in [5, 5.41) is 17.5. The molecule has 1 aromatic heterocycles. The minimum Gasteiger partial charge on any atom is -0.481 e. The molecule has 0 aliphatic heterocycles. The number of aromatic nitrogens is 1. The molecule has 0 fully saturated rings. The third-order valence-electron chi connectivity index (χ3n) is 2.69. The summed E-state index contributed by atoms with van der Waals surface area (Å²) in [6.45, 7) is 0. The molecule has 2 N–H and O–H groups in total. The summed E-state index contributed by atoms with van der Waals surface area (Å²) in [5.41, 5.74) is 0.258. The van der Waals surface area contributed by atoms with E-state index in [1.54, 1.807) is 6.07 Å². The van der Waals surface area contributed by atoms with Crippen molar-refractivity contribution in [2.45, 2.75) is 25.7 Å². The average molecular weight is 265 g/mol. The molecule has 6 nitrogen and oxygen atoms in total. The number of hydrogen-bond acceptors (Lipinski definition) is 4. The number of carboxylic acid groups (broad SMARTS) is 2. The van der Waals surface area contributed by atoms with Gasteiger partial charge in [0.25, 0.3) is 0 Å². The van der Waals surface area contributed by atoms with Crippen LogP contribution in [-0.4, -0.2) is 32.9 Å². The van der Waals surface area contributed by atoms with Gasteiger partial charge in [0.15, 0.2) is 5.78 Å². The van der Waals surface area contributed by atoms with Crippen molar-refractivity contribution in [1.82, 2.24) is 4.98 Å². The summed E-state index contributed by atoms with van der Waals surface area (Å²) in [6.07, 6.45) is 3.69. The van der Waals surface area contributed by atoms with Crippen LogP contribution in [0.5, 0.6) is 0 Å². The van der Waals surface area contributed by atoms with Crippen LogP contribution < -0.4 is 0 Å². The summed E-state index contributed by atoms with van der Waals surface area (Å²) in [4.78, 5) is 37.2. The van der Waals surface area contributed by atoms with E-state index < -0.39 is 23.6 Å². The summed E-state index contributed by atoms with van der Waals surface area (Å²) < 4.78 is 0. The molecule has 1 unspecified atom stereocenters. The number of hydrogen-bond donors (Lipinski definition) is 2. The first kappa shape index (κ1) is 14.8. The second kappa shape index (κ2) is 7.25. The van der Waals surface area contributed by atoms with E-state index in [0.29, 0.717) is 12.8 Å². The standard InChI is InChI=1S/C13H15NO5/c15-11(16)6-2-1-5-10(13(18)19)12(17)9-4-3-7-14-8-9/h3-4,7-8,10H,1-2,5-6H2,(H,15,16)(H,18,19). The lowest BCUT2D eigenvalue weighted by Crippen LogP contribution is -2.24. The molecule has 19 heavy (non-hydrogen) atoms. The first-order valence-corrected chi connectivity index (χ1v) is 5.91.